The third-order valence-electron chi connectivity index (χ3n) is 4.78. The highest BCUT2D eigenvalue weighted by Crippen LogP contribution is 2.20. The van der Waals surface area contributed by atoms with Crippen molar-refractivity contribution in [1.29, 1.82) is 0 Å². The summed E-state index contributed by atoms with van der Waals surface area (Å²) in [6.45, 7) is 4.23. The molecule has 7 nitrogen and oxygen atoms in total. The third-order valence-corrected chi connectivity index (χ3v) is 5.10. The van der Waals surface area contributed by atoms with Gasteiger partial charge in [-0.25, -0.2) is 9.36 Å². The van der Waals surface area contributed by atoms with E-state index < -0.39 is 11.3 Å². The highest BCUT2D eigenvalue weighted by molar-refractivity contribution is 6.32. The van der Waals surface area contributed by atoms with E-state index in [0.29, 0.717) is 28.8 Å². The van der Waals surface area contributed by atoms with Crippen molar-refractivity contribution in [3.05, 3.63) is 105 Å². The second-order valence-electron chi connectivity index (χ2n) is 7.18. The highest BCUT2D eigenvalue weighted by atomic mass is 35.5. The van der Waals surface area contributed by atoms with Crippen LogP contribution in [-0.4, -0.2) is 25.5 Å². The number of carbonyl (C=O) groups excluding carboxylic acids is 1. The zero-order chi connectivity index (χ0) is 22.0. The summed E-state index contributed by atoms with van der Waals surface area (Å²) in [6.07, 6.45) is 1.59. The lowest BCUT2D eigenvalue weighted by molar-refractivity contribution is 0.101. The molecule has 1 N–H and O–H groups in total. The number of hydrogen-bond acceptors (Lipinski definition) is 4. The van der Waals surface area contributed by atoms with Gasteiger partial charge in [-0.1, -0.05) is 53.6 Å². The Balaban J connectivity index is 1.63. The molecule has 2 heterocycles. The van der Waals surface area contributed by atoms with Crippen LogP contribution in [0.25, 0.3) is 5.69 Å². The topological polar surface area (TPSA) is 81.8 Å². The van der Waals surface area contributed by atoms with Gasteiger partial charge in [-0.3, -0.25) is 9.59 Å². The van der Waals surface area contributed by atoms with Crippen LogP contribution in [0.15, 0.2) is 71.7 Å². The van der Waals surface area contributed by atoms with Crippen LogP contribution < -0.4 is 10.7 Å². The van der Waals surface area contributed by atoms with Gasteiger partial charge in [-0.05, 0) is 31.5 Å². The van der Waals surface area contributed by atoms with E-state index in [1.54, 1.807) is 42.1 Å². The van der Waals surface area contributed by atoms with E-state index in [9.17, 15) is 9.59 Å². The van der Waals surface area contributed by atoms with E-state index in [2.05, 4.69) is 21.6 Å². The number of nitrogens with one attached hydrogen (secondary N) is 1. The Bertz CT molecular complexity index is 1330. The predicted octanol–water partition coefficient (Wildman–Crippen LogP) is 4.00. The minimum absolute atomic E-state index is 0.228. The number of carbonyl (C=O) groups is 1. The minimum Gasteiger partial charge on any atom is -0.305 e. The Labute approximate surface area is 183 Å². The van der Waals surface area contributed by atoms with Crippen molar-refractivity contribution in [2.24, 2.45) is 0 Å². The van der Waals surface area contributed by atoms with Crippen molar-refractivity contribution in [3.63, 3.8) is 0 Å². The molecule has 4 aromatic rings. The van der Waals surface area contributed by atoms with E-state index >= 15 is 0 Å². The van der Waals surface area contributed by atoms with E-state index in [-0.39, 0.29) is 5.69 Å². The number of benzene rings is 2. The SMILES string of the molecule is Cc1cccc(Cn2nccc2NC(=O)c2nn(-c3ccccc3Cl)c(C)cc2=O)c1. The summed E-state index contributed by atoms with van der Waals surface area (Å²) in [5.74, 6) is -0.144. The van der Waals surface area contributed by atoms with Gasteiger partial charge in [0.2, 0.25) is 5.43 Å². The zero-order valence-electron chi connectivity index (χ0n) is 17.0. The second kappa shape index (κ2) is 8.57. The molecule has 0 unspecified atom stereocenters. The predicted molar refractivity (Wildman–Crippen MR) is 120 cm³/mol. The molecule has 1 amide bonds. The molecule has 156 valence electrons. The molecule has 4 rings (SSSR count). The van der Waals surface area contributed by atoms with Gasteiger partial charge in [-0.15, -0.1) is 0 Å². The lowest BCUT2D eigenvalue weighted by Gasteiger charge is -2.13. The van der Waals surface area contributed by atoms with Gasteiger partial charge in [0, 0.05) is 17.8 Å². The van der Waals surface area contributed by atoms with Crippen molar-refractivity contribution in [2.45, 2.75) is 20.4 Å². The van der Waals surface area contributed by atoms with Crippen LogP contribution >= 0.6 is 11.6 Å². The van der Waals surface area contributed by atoms with E-state index in [1.807, 2.05) is 31.2 Å². The van der Waals surface area contributed by atoms with Gasteiger partial charge in [0.05, 0.1) is 23.5 Å². The van der Waals surface area contributed by atoms with Crippen LogP contribution in [0.5, 0.6) is 0 Å². The van der Waals surface area contributed by atoms with Crippen LogP contribution in [0.1, 0.15) is 27.3 Å². The first-order chi connectivity index (χ1) is 14.9. The molecule has 0 fully saturated rings. The van der Waals surface area contributed by atoms with Crippen LogP contribution in [-0.2, 0) is 6.54 Å². The summed E-state index contributed by atoms with van der Waals surface area (Å²) >= 11 is 6.28. The molecule has 0 saturated heterocycles. The number of anilines is 1. The van der Waals surface area contributed by atoms with Gasteiger partial charge in [0.15, 0.2) is 5.69 Å². The van der Waals surface area contributed by atoms with Gasteiger partial charge < -0.3 is 5.32 Å². The quantitative estimate of drug-likeness (QED) is 0.515. The molecule has 0 atom stereocenters. The fraction of sp³-hybridized carbons (Fsp3) is 0.130. The van der Waals surface area contributed by atoms with Crippen molar-refractivity contribution in [2.75, 3.05) is 5.32 Å². The molecule has 2 aromatic heterocycles. The normalized spacial score (nSPS) is 10.8. The van der Waals surface area contributed by atoms with Gasteiger partial charge in [0.1, 0.15) is 5.82 Å². The number of para-hydroxylation sites is 1. The van der Waals surface area contributed by atoms with E-state index in [4.69, 9.17) is 11.6 Å². The first-order valence-corrected chi connectivity index (χ1v) is 10.0. The third kappa shape index (κ3) is 4.41. The largest absolute Gasteiger partial charge is 0.305 e. The first-order valence-electron chi connectivity index (χ1n) is 9.67. The number of hydrogen-bond donors (Lipinski definition) is 1. The van der Waals surface area contributed by atoms with Crippen LogP contribution in [0.3, 0.4) is 0 Å². The summed E-state index contributed by atoms with van der Waals surface area (Å²) < 4.78 is 3.15. The fourth-order valence-electron chi connectivity index (χ4n) is 3.30. The van der Waals surface area contributed by atoms with Crippen LogP contribution in [0.4, 0.5) is 5.82 Å². The number of aryl methyl sites for hydroxylation is 2. The number of amides is 1. The average Bonchev–Trinajstić information content (AvgIpc) is 3.15. The van der Waals surface area contributed by atoms with Crippen molar-refractivity contribution >= 4 is 23.3 Å². The summed E-state index contributed by atoms with van der Waals surface area (Å²) in [7, 11) is 0. The summed E-state index contributed by atoms with van der Waals surface area (Å²) in [5.41, 5.74) is 2.64. The summed E-state index contributed by atoms with van der Waals surface area (Å²) in [4.78, 5) is 25.4. The minimum atomic E-state index is -0.614. The first kappa shape index (κ1) is 20.6. The molecule has 0 aliphatic rings. The Kier molecular flexibility index (Phi) is 5.68. The van der Waals surface area contributed by atoms with E-state index in [1.165, 1.54) is 10.7 Å². The Morgan fingerprint density at radius 3 is 2.65 bits per heavy atom. The number of aromatic nitrogens is 4. The number of rotatable bonds is 5. The molecular weight excluding hydrogens is 414 g/mol. The molecule has 0 bridgehead atoms. The monoisotopic (exact) mass is 433 g/mol. The smallest absolute Gasteiger partial charge is 0.281 e. The van der Waals surface area contributed by atoms with Crippen LogP contribution in [0.2, 0.25) is 5.02 Å². The van der Waals surface area contributed by atoms with E-state index in [0.717, 1.165) is 11.1 Å². The molecule has 31 heavy (non-hydrogen) atoms. The zero-order valence-corrected chi connectivity index (χ0v) is 17.8. The molecular formula is C23H20ClN5O2. The maximum atomic E-state index is 12.9. The number of halogens is 1. The fourth-order valence-corrected chi connectivity index (χ4v) is 3.51. The van der Waals surface area contributed by atoms with Gasteiger partial charge >= 0.3 is 0 Å². The lowest BCUT2D eigenvalue weighted by atomic mass is 10.1. The maximum absolute atomic E-state index is 12.9. The lowest BCUT2D eigenvalue weighted by Crippen LogP contribution is -2.27. The molecule has 0 aliphatic carbocycles. The van der Waals surface area contributed by atoms with Gasteiger partial charge in [-0.2, -0.15) is 10.2 Å². The van der Waals surface area contributed by atoms with Gasteiger partial charge in [0.25, 0.3) is 5.91 Å². The highest BCUT2D eigenvalue weighted by Gasteiger charge is 2.18. The average molecular weight is 434 g/mol. The molecule has 0 saturated carbocycles. The van der Waals surface area contributed by atoms with Crippen molar-refractivity contribution < 1.29 is 4.79 Å². The Hall–Kier alpha value is -3.71. The molecule has 0 radical (unpaired) electrons. The van der Waals surface area contributed by atoms with Crippen molar-refractivity contribution in [1.82, 2.24) is 19.6 Å². The summed E-state index contributed by atoms with van der Waals surface area (Å²) in [5, 5.41) is 11.8. The van der Waals surface area contributed by atoms with Crippen molar-refractivity contribution in [3.8, 4) is 5.69 Å². The summed E-state index contributed by atoms with van der Waals surface area (Å²) in [6, 6.07) is 18.2. The Morgan fingerprint density at radius 2 is 1.87 bits per heavy atom. The number of nitrogens with zero attached hydrogens (tertiary/aromatic N) is 4. The van der Waals surface area contributed by atoms with Crippen LogP contribution in [0, 0.1) is 13.8 Å². The maximum Gasteiger partial charge on any atom is 0.281 e. The molecule has 2 aromatic carbocycles. The molecule has 8 heteroatoms. The molecule has 0 spiro atoms. The Morgan fingerprint density at radius 1 is 1.06 bits per heavy atom. The standard InChI is InChI=1S/C23H20ClN5O2/c1-15-6-5-7-17(12-15)14-28-21(10-11-25-28)26-23(31)22-20(30)13-16(2)29(27-22)19-9-4-3-8-18(19)24/h3-13H,14H2,1-2H3,(H,26,31). The second-order valence-corrected chi connectivity index (χ2v) is 7.59. The molecule has 0 aliphatic heterocycles.